The zero-order chi connectivity index (χ0) is 18.2. The Hall–Kier alpha value is -2.48. The van der Waals surface area contributed by atoms with E-state index >= 15 is 0 Å². The van der Waals surface area contributed by atoms with Crippen molar-refractivity contribution in [1.29, 1.82) is 0 Å². The highest BCUT2D eigenvalue weighted by Crippen LogP contribution is 2.30. The second kappa shape index (κ2) is 6.44. The number of aliphatic carboxylic acids is 1. The molecule has 0 spiro atoms. The van der Waals surface area contributed by atoms with Crippen molar-refractivity contribution in [2.24, 2.45) is 5.41 Å². The molecule has 3 rings (SSSR count). The normalized spacial score (nSPS) is 20.5. The molecule has 1 aliphatic heterocycles. The molecule has 1 N–H and O–H groups in total. The molecule has 0 aliphatic carbocycles. The van der Waals surface area contributed by atoms with Gasteiger partial charge in [-0.3, -0.25) is 9.59 Å². The minimum atomic E-state index is -0.983. The average molecular weight is 367 g/mol. The van der Waals surface area contributed by atoms with Crippen molar-refractivity contribution in [3.05, 3.63) is 40.9 Å². The smallest absolute Gasteiger partial charge is 0.311 e. The average Bonchev–Trinajstić information content (AvgIpc) is 3.06. The van der Waals surface area contributed by atoms with Gasteiger partial charge in [0.25, 0.3) is 5.91 Å². The SMILES string of the molecule is CC1(C(=O)O)CCCN(C(=O)c2cn(-c3cccc(Cl)c3F)nn2)C1. The number of carboxylic acid groups (broad SMARTS) is 1. The van der Waals surface area contributed by atoms with Crippen LogP contribution >= 0.6 is 11.6 Å². The number of carboxylic acids is 1. The molecule has 1 unspecified atom stereocenters. The lowest BCUT2D eigenvalue weighted by Crippen LogP contribution is -2.48. The van der Waals surface area contributed by atoms with E-state index in [9.17, 15) is 19.1 Å². The lowest BCUT2D eigenvalue weighted by Gasteiger charge is -2.37. The summed E-state index contributed by atoms with van der Waals surface area (Å²) < 4.78 is 15.2. The lowest BCUT2D eigenvalue weighted by molar-refractivity contribution is -0.150. The largest absolute Gasteiger partial charge is 0.481 e. The van der Waals surface area contributed by atoms with Gasteiger partial charge in [0.15, 0.2) is 11.5 Å². The van der Waals surface area contributed by atoms with E-state index in [1.165, 1.54) is 23.2 Å². The number of nitrogens with zero attached hydrogens (tertiary/aromatic N) is 4. The van der Waals surface area contributed by atoms with Crippen molar-refractivity contribution in [1.82, 2.24) is 19.9 Å². The summed E-state index contributed by atoms with van der Waals surface area (Å²) in [7, 11) is 0. The molecule has 1 aromatic carbocycles. The van der Waals surface area contributed by atoms with E-state index in [-0.39, 0.29) is 22.9 Å². The molecular weight excluding hydrogens is 351 g/mol. The van der Waals surface area contributed by atoms with Gasteiger partial charge in [0, 0.05) is 13.1 Å². The zero-order valence-corrected chi connectivity index (χ0v) is 14.2. The van der Waals surface area contributed by atoms with Crippen LogP contribution in [0.15, 0.2) is 24.4 Å². The first-order valence-electron chi connectivity index (χ1n) is 7.71. The molecule has 0 radical (unpaired) electrons. The number of rotatable bonds is 3. The van der Waals surface area contributed by atoms with E-state index in [1.54, 1.807) is 13.0 Å². The van der Waals surface area contributed by atoms with Crippen LogP contribution in [0.25, 0.3) is 5.69 Å². The molecule has 0 bridgehead atoms. The molecule has 9 heteroatoms. The first-order chi connectivity index (χ1) is 11.8. The topological polar surface area (TPSA) is 88.3 Å². The van der Waals surface area contributed by atoms with Crippen LogP contribution in [-0.4, -0.2) is 50.0 Å². The number of halogens is 2. The van der Waals surface area contributed by atoms with Gasteiger partial charge in [0.05, 0.1) is 16.6 Å². The van der Waals surface area contributed by atoms with Gasteiger partial charge in [-0.05, 0) is 31.9 Å². The van der Waals surface area contributed by atoms with E-state index in [2.05, 4.69) is 10.3 Å². The van der Waals surface area contributed by atoms with Crippen LogP contribution < -0.4 is 0 Å². The highest BCUT2D eigenvalue weighted by Gasteiger charge is 2.40. The van der Waals surface area contributed by atoms with Gasteiger partial charge in [-0.25, -0.2) is 9.07 Å². The highest BCUT2D eigenvalue weighted by atomic mass is 35.5. The number of hydrogen-bond acceptors (Lipinski definition) is 4. The second-order valence-electron chi connectivity index (χ2n) is 6.32. The Morgan fingerprint density at radius 1 is 1.40 bits per heavy atom. The number of piperidine rings is 1. The Balaban J connectivity index is 1.84. The number of aromatic nitrogens is 3. The van der Waals surface area contributed by atoms with Gasteiger partial charge >= 0.3 is 5.97 Å². The van der Waals surface area contributed by atoms with Crippen LogP contribution in [0.4, 0.5) is 4.39 Å². The molecule has 1 fully saturated rings. The molecule has 132 valence electrons. The first kappa shape index (κ1) is 17.3. The Morgan fingerprint density at radius 2 is 2.16 bits per heavy atom. The van der Waals surface area contributed by atoms with Crippen molar-refractivity contribution in [3.63, 3.8) is 0 Å². The van der Waals surface area contributed by atoms with Crippen molar-refractivity contribution in [2.75, 3.05) is 13.1 Å². The number of amides is 1. The summed E-state index contributed by atoms with van der Waals surface area (Å²) in [5.74, 6) is -2.03. The van der Waals surface area contributed by atoms with Gasteiger partial charge in [-0.2, -0.15) is 0 Å². The number of carbonyl (C=O) groups is 2. The van der Waals surface area contributed by atoms with Crippen LogP contribution in [0.5, 0.6) is 0 Å². The summed E-state index contributed by atoms with van der Waals surface area (Å²) in [6.07, 6.45) is 2.40. The Kier molecular flexibility index (Phi) is 4.47. The summed E-state index contributed by atoms with van der Waals surface area (Å²) in [6, 6.07) is 4.43. The second-order valence-corrected chi connectivity index (χ2v) is 6.72. The third-order valence-corrected chi connectivity index (χ3v) is 4.68. The van der Waals surface area contributed by atoms with Crippen LogP contribution in [0, 0.1) is 11.2 Å². The Morgan fingerprint density at radius 3 is 2.88 bits per heavy atom. The minimum absolute atomic E-state index is 0.0222. The number of likely N-dealkylation sites (tertiary alicyclic amines) is 1. The number of carbonyl (C=O) groups excluding carboxylic acids is 1. The van der Waals surface area contributed by atoms with E-state index in [1.807, 2.05) is 0 Å². The van der Waals surface area contributed by atoms with Gasteiger partial charge in [0.1, 0.15) is 5.69 Å². The Labute approximate surface area is 148 Å². The molecule has 25 heavy (non-hydrogen) atoms. The molecule has 0 saturated carbocycles. The molecular formula is C16H16ClFN4O3. The molecule has 2 aromatic rings. The Bertz CT molecular complexity index is 841. The van der Waals surface area contributed by atoms with Gasteiger partial charge in [0.2, 0.25) is 0 Å². The molecule has 1 atom stereocenters. The predicted molar refractivity (Wildman–Crippen MR) is 87.2 cm³/mol. The van der Waals surface area contributed by atoms with Crippen molar-refractivity contribution in [3.8, 4) is 5.69 Å². The van der Waals surface area contributed by atoms with Crippen molar-refractivity contribution < 1.29 is 19.1 Å². The maximum absolute atomic E-state index is 14.1. The summed E-state index contributed by atoms with van der Waals surface area (Å²) in [5, 5.41) is 16.9. The fourth-order valence-electron chi connectivity index (χ4n) is 2.90. The predicted octanol–water partition coefficient (Wildman–Crippen LogP) is 2.39. The van der Waals surface area contributed by atoms with Gasteiger partial charge in [-0.15, -0.1) is 5.10 Å². The number of hydrogen-bond donors (Lipinski definition) is 1. The van der Waals surface area contributed by atoms with Crippen LogP contribution in [0.3, 0.4) is 0 Å². The van der Waals surface area contributed by atoms with E-state index in [4.69, 9.17) is 11.6 Å². The molecule has 1 amide bonds. The molecule has 1 aliphatic rings. The van der Waals surface area contributed by atoms with Crippen molar-refractivity contribution >= 4 is 23.5 Å². The van der Waals surface area contributed by atoms with Gasteiger partial charge in [-0.1, -0.05) is 22.9 Å². The standard InChI is InChI=1S/C16H16ClFN4O3/c1-16(15(24)25)6-3-7-21(9-16)14(23)11-8-22(20-19-11)12-5-2-4-10(17)13(12)18/h2,4-5,8H,3,6-7,9H2,1H3,(H,24,25). The maximum atomic E-state index is 14.1. The molecule has 7 nitrogen and oxygen atoms in total. The van der Waals surface area contributed by atoms with E-state index in [0.29, 0.717) is 19.4 Å². The third kappa shape index (κ3) is 3.21. The number of benzene rings is 1. The summed E-state index contributed by atoms with van der Waals surface area (Å²) in [4.78, 5) is 25.5. The quantitative estimate of drug-likeness (QED) is 0.901. The summed E-state index contributed by atoms with van der Waals surface area (Å²) >= 11 is 5.75. The summed E-state index contributed by atoms with van der Waals surface area (Å²) in [6.45, 7) is 2.16. The highest BCUT2D eigenvalue weighted by molar-refractivity contribution is 6.30. The first-order valence-corrected chi connectivity index (χ1v) is 8.09. The van der Waals surface area contributed by atoms with Crippen LogP contribution in [0.2, 0.25) is 5.02 Å². The van der Waals surface area contributed by atoms with Crippen molar-refractivity contribution in [2.45, 2.75) is 19.8 Å². The monoisotopic (exact) mass is 366 g/mol. The maximum Gasteiger partial charge on any atom is 0.311 e. The molecule has 2 heterocycles. The zero-order valence-electron chi connectivity index (χ0n) is 13.4. The minimum Gasteiger partial charge on any atom is -0.481 e. The van der Waals surface area contributed by atoms with E-state index in [0.717, 1.165) is 4.68 Å². The molecule has 1 aromatic heterocycles. The van der Waals surface area contributed by atoms with Crippen LogP contribution in [0.1, 0.15) is 30.3 Å². The van der Waals surface area contributed by atoms with E-state index < -0.39 is 23.1 Å². The fourth-order valence-corrected chi connectivity index (χ4v) is 3.07. The molecule has 1 saturated heterocycles. The lowest BCUT2D eigenvalue weighted by atomic mass is 9.82. The van der Waals surface area contributed by atoms with Gasteiger partial charge < -0.3 is 10.0 Å². The summed E-state index contributed by atoms with van der Waals surface area (Å²) in [5.41, 5.74) is -0.884. The third-order valence-electron chi connectivity index (χ3n) is 4.39. The fraction of sp³-hybridized carbons (Fsp3) is 0.375. The van der Waals surface area contributed by atoms with Crippen LogP contribution in [-0.2, 0) is 4.79 Å².